The number of carbonyl (C=O) groups excluding carboxylic acids is 1. The molecule has 0 aliphatic carbocycles. The van der Waals surface area contributed by atoms with E-state index in [1.54, 1.807) is 59.5 Å². The number of benzene rings is 3. The van der Waals surface area contributed by atoms with Crippen molar-refractivity contribution in [1.82, 2.24) is 10.2 Å². The summed E-state index contributed by atoms with van der Waals surface area (Å²) >= 11 is 11.7. The summed E-state index contributed by atoms with van der Waals surface area (Å²) < 4.78 is 27.8. The summed E-state index contributed by atoms with van der Waals surface area (Å²) in [7, 11) is -3.80. The van der Waals surface area contributed by atoms with Crippen LogP contribution in [-0.4, -0.2) is 29.6 Å². The summed E-state index contributed by atoms with van der Waals surface area (Å²) in [5.41, 5.74) is 0.229. The van der Waals surface area contributed by atoms with Crippen LogP contribution in [0.1, 0.15) is 23.6 Å². The van der Waals surface area contributed by atoms with Crippen LogP contribution >= 0.6 is 23.8 Å². The normalized spacial score (nSPS) is 25.0. The molecule has 0 bridgehead atoms. The molecule has 3 aromatic carbocycles. The van der Waals surface area contributed by atoms with Crippen molar-refractivity contribution in [1.29, 1.82) is 0 Å². The predicted octanol–water partition coefficient (Wildman–Crippen LogP) is 4.24. The van der Waals surface area contributed by atoms with Crippen LogP contribution in [-0.2, 0) is 20.2 Å². The van der Waals surface area contributed by atoms with Crippen molar-refractivity contribution in [3.63, 3.8) is 0 Å². The van der Waals surface area contributed by atoms with E-state index in [-0.39, 0.29) is 22.3 Å². The average Bonchev–Trinajstić information content (AvgIpc) is 3.30. The minimum absolute atomic E-state index is 0.0769. The van der Waals surface area contributed by atoms with Gasteiger partial charge < -0.3 is 10.2 Å². The third-order valence-electron chi connectivity index (χ3n) is 6.29. The summed E-state index contributed by atoms with van der Waals surface area (Å²) in [6.45, 7) is 0. The first-order chi connectivity index (χ1) is 15.4. The van der Waals surface area contributed by atoms with E-state index in [4.69, 9.17) is 23.8 Å². The number of carbonyl (C=O) groups is 1. The lowest BCUT2D eigenvalue weighted by molar-refractivity contribution is -0.126. The molecule has 5 nitrogen and oxygen atoms in total. The number of rotatable bonds is 4. The van der Waals surface area contributed by atoms with Crippen molar-refractivity contribution in [2.75, 3.05) is 0 Å². The quantitative estimate of drug-likeness (QED) is 0.563. The maximum absolute atomic E-state index is 13.9. The molecule has 2 heterocycles. The van der Waals surface area contributed by atoms with E-state index in [9.17, 15) is 13.2 Å². The number of fused-ring (bicyclic) bond motifs is 1. The monoisotopic (exact) mass is 482 g/mol. The molecule has 0 saturated carbocycles. The Balaban J connectivity index is 1.75. The van der Waals surface area contributed by atoms with E-state index < -0.39 is 26.7 Å². The molecule has 3 atom stereocenters. The summed E-state index contributed by atoms with van der Waals surface area (Å²) in [5.74, 6) is -0.307. The number of hydrogen-bond acceptors (Lipinski definition) is 4. The third kappa shape index (κ3) is 3.07. The first-order valence-electron chi connectivity index (χ1n) is 10.1. The standard InChI is InChI=1S/C24H19ClN2O3S2/c25-18-13-11-16(12-14-18)21-20(32(29,30)19-9-5-2-6-10-19)15-24(17-7-3-1-4-8-17)22(28)26-23(31)27(21)24/h1-14,20-21H,15H2,(H,26,28,31)/t20?,21-,24+/m0/s1. The molecule has 2 saturated heterocycles. The zero-order valence-corrected chi connectivity index (χ0v) is 19.2. The second kappa shape index (κ2) is 7.69. The van der Waals surface area contributed by atoms with Crippen molar-refractivity contribution in [3.05, 3.63) is 101 Å². The molecule has 5 rings (SSSR count). The van der Waals surface area contributed by atoms with E-state index in [1.165, 1.54) is 0 Å². The van der Waals surface area contributed by atoms with Gasteiger partial charge in [0.1, 0.15) is 5.54 Å². The fourth-order valence-electron chi connectivity index (χ4n) is 4.86. The SMILES string of the molecule is O=C1NC(=S)N2[C@@H](c3ccc(Cl)cc3)C(S(=O)(=O)c3ccccc3)C[C@@]12c1ccccc1. The highest BCUT2D eigenvalue weighted by atomic mass is 35.5. The van der Waals surface area contributed by atoms with Gasteiger partial charge in [0.15, 0.2) is 14.9 Å². The molecule has 2 aliphatic rings. The Hall–Kier alpha value is -2.74. The molecule has 0 radical (unpaired) electrons. The highest BCUT2D eigenvalue weighted by Gasteiger charge is 2.65. The highest BCUT2D eigenvalue weighted by Crippen LogP contribution is 2.54. The zero-order valence-electron chi connectivity index (χ0n) is 16.8. The van der Waals surface area contributed by atoms with Gasteiger partial charge in [-0.05, 0) is 47.6 Å². The Morgan fingerprint density at radius 1 is 0.938 bits per heavy atom. The van der Waals surface area contributed by atoms with E-state index >= 15 is 0 Å². The van der Waals surface area contributed by atoms with E-state index in [0.29, 0.717) is 10.6 Å². The van der Waals surface area contributed by atoms with E-state index in [2.05, 4.69) is 5.32 Å². The number of sulfone groups is 1. The Labute approximate surface area is 196 Å². The molecular weight excluding hydrogens is 464 g/mol. The van der Waals surface area contributed by atoms with Gasteiger partial charge in [-0.3, -0.25) is 4.79 Å². The van der Waals surface area contributed by atoms with Gasteiger partial charge >= 0.3 is 0 Å². The Kier molecular flexibility index (Phi) is 5.08. The molecule has 162 valence electrons. The Morgan fingerprint density at radius 2 is 1.53 bits per heavy atom. The smallest absolute Gasteiger partial charge is 0.256 e. The molecule has 1 amide bonds. The minimum atomic E-state index is -3.80. The van der Waals surface area contributed by atoms with Crippen molar-refractivity contribution >= 4 is 44.7 Å². The summed E-state index contributed by atoms with van der Waals surface area (Å²) in [5, 5.41) is 2.66. The predicted molar refractivity (Wildman–Crippen MR) is 127 cm³/mol. The zero-order chi connectivity index (χ0) is 22.5. The van der Waals surface area contributed by atoms with Gasteiger partial charge in [-0.25, -0.2) is 8.42 Å². The molecule has 1 N–H and O–H groups in total. The van der Waals surface area contributed by atoms with Crippen molar-refractivity contribution in [2.24, 2.45) is 0 Å². The largest absolute Gasteiger partial charge is 0.322 e. The average molecular weight is 483 g/mol. The summed E-state index contributed by atoms with van der Waals surface area (Å²) in [4.78, 5) is 15.4. The Morgan fingerprint density at radius 3 is 2.16 bits per heavy atom. The summed E-state index contributed by atoms with van der Waals surface area (Å²) in [6, 6.07) is 24.0. The molecule has 2 aliphatic heterocycles. The van der Waals surface area contributed by atoms with Crippen LogP contribution in [0.2, 0.25) is 5.02 Å². The second-order valence-corrected chi connectivity index (χ2v) is 10.9. The summed E-state index contributed by atoms with van der Waals surface area (Å²) in [6.07, 6.45) is 0.0769. The van der Waals surface area contributed by atoms with E-state index in [0.717, 1.165) is 5.56 Å². The number of nitrogens with one attached hydrogen (secondary N) is 1. The lowest BCUT2D eigenvalue weighted by Gasteiger charge is -2.34. The number of nitrogens with zero attached hydrogens (tertiary/aromatic N) is 1. The molecule has 0 aromatic heterocycles. The van der Waals surface area contributed by atoms with Crippen LogP contribution in [0, 0.1) is 0 Å². The highest BCUT2D eigenvalue weighted by molar-refractivity contribution is 7.92. The van der Waals surface area contributed by atoms with Gasteiger partial charge in [-0.15, -0.1) is 0 Å². The number of hydrogen-bond donors (Lipinski definition) is 1. The number of halogens is 1. The molecule has 2 fully saturated rings. The lowest BCUT2D eigenvalue weighted by Crippen LogP contribution is -2.42. The van der Waals surface area contributed by atoms with Gasteiger partial charge in [0.2, 0.25) is 0 Å². The first kappa shape index (κ1) is 21.1. The molecule has 0 spiro atoms. The fourth-order valence-corrected chi connectivity index (χ4v) is 7.31. The van der Waals surface area contributed by atoms with Crippen molar-refractivity contribution in [2.45, 2.75) is 28.1 Å². The first-order valence-corrected chi connectivity index (χ1v) is 12.4. The third-order valence-corrected chi connectivity index (χ3v) is 8.99. The van der Waals surface area contributed by atoms with Gasteiger partial charge in [0, 0.05) is 11.4 Å². The van der Waals surface area contributed by atoms with Gasteiger partial charge in [-0.2, -0.15) is 0 Å². The van der Waals surface area contributed by atoms with Gasteiger partial charge in [-0.1, -0.05) is 72.3 Å². The number of amides is 1. The molecule has 8 heteroatoms. The molecule has 3 aromatic rings. The van der Waals surface area contributed by atoms with Crippen molar-refractivity contribution < 1.29 is 13.2 Å². The minimum Gasteiger partial charge on any atom is -0.322 e. The van der Waals surface area contributed by atoms with Crippen LogP contribution in [0.15, 0.2) is 89.8 Å². The maximum atomic E-state index is 13.9. The van der Waals surface area contributed by atoms with Crippen LogP contribution < -0.4 is 5.32 Å². The van der Waals surface area contributed by atoms with Crippen molar-refractivity contribution in [3.8, 4) is 0 Å². The van der Waals surface area contributed by atoms with Crippen LogP contribution in [0.25, 0.3) is 0 Å². The lowest BCUT2D eigenvalue weighted by atomic mass is 9.87. The number of thiocarbonyl (C=S) groups is 1. The molecule has 32 heavy (non-hydrogen) atoms. The van der Waals surface area contributed by atoms with Gasteiger partial charge in [0.25, 0.3) is 5.91 Å². The van der Waals surface area contributed by atoms with Crippen LogP contribution in [0.3, 0.4) is 0 Å². The van der Waals surface area contributed by atoms with Crippen LogP contribution in [0.5, 0.6) is 0 Å². The maximum Gasteiger partial charge on any atom is 0.256 e. The fraction of sp³-hybridized carbons (Fsp3) is 0.167. The van der Waals surface area contributed by atoms with E-state index in [1.807, 2.05) is 30.3 Å². The topological polar surface area (TPSA) is 66.5 Å². The van der Waals surface area contributed by atoms with Crippen LogP contribution in [0.4, 0.5) is 0 Å². The Bertz CT molecular complexity index is 1300. The van der Waals surface area contributed by atoms with Gasteiger partial charge in [0.05, 0.1) is 16.2 Å². The molecule has 1 unspecified atom stereocenters. The molecular formula is C24H19ClN2O3S2. The second-order valence-electron chi connectivity index (χ2n) is 7.95.